The summed E-state index contributed by atoms with van der Waals surface area (Å²) < 4.78 is 2.63. The van der Waals surface area contributed by atoms with Gasteiger partial charge in [-0.2, -0.15) is 0 Å². The summed E-state index contributed by atoms with van der Waals surface area (Å²) in [5.74, 6) is -0.228. The molecule has 0 unspecified atom stereocenters. The Morgan fingerprint density at radius 1 is 1.22 bits per heavy atom. The highest BCUT2D eigenvalue weighted by molar-refractivity contribution is 5.81. The molecule has 1 heterocycles. The number of nitrogens with one attached hydrogen (secondary N) is 1. The van der Waals surface area contributed by atoms with Crippen LogP contribution in [0.5, 0.6) is 0 Å². The number of fused-ring (bicyclic) bond motifs is 1. The normalized spacial score (nSPS) is 12.3. The van der Waals surface area contributed by atoms with Gasteiger partial charge in [-0.25, -0.2) is 4.79 Å². The minimum Gasteiger partial charge on any atom is -0.355 e. The van der Waals surface area contributed by atoms with E-state index < -0.39 is 5.69 Å². The second-order valence-corrected chi connectivity index (χ2v) is 5.67. The number of para-hydroxylation sites is 1. The number of hydrogen-bond donors (Lipinski definition) is 1. The molecule has 0 saturated heterocycles. The highest BCUT2D eigenvalue weighted by atomic mass is 16.2. The van der Waals surface area contributed by atoms with Crippen molar-refractivity contribution in [2.45, 2.75) is 46.2 Å². The summed E-state index contributed by atoms with van der Waals surface area (Å²) in [4.78, 5) is 37.4. The summed E-state index contributed by atoms with van der Waals surface area (Å²) >= 11 is 0. The molecule has 6 nitrogen and oxygen atoms in total. The predicted molar refractivity (Wildman–Crippen MR) is 90.8 cm³/mol. The molecule has 23 heavy (non-hydrogen) atoms. The Bertz CT molecular complexity index is 820. The average molecular weight is 317 g/mol. The zero-order chi connectivity index (χ0) is 17.0. The lowest BCUT2D eigenvalue weighted by Gasteiger charge is -2.17. The van der Waals surface area contributed by atoms with Gasteiger partial charge in [0.15, 0.2) is 0 Å². The topological polar surface area (TPSA) is 73.1 Å². The van der Waals surface area contributed by atoms with Crippen LogP contribution >= 0.6 is 0 Å². The molecule has 0 aliphatic carbocycles. The van der Waals surface area contributed by atoms with Crippen LogP contribution in [-0.2, 0) is 11.3 Å². The van der Waals surface area contributed by atoms with Gasteiger partial charge in [-0.05, 0) is 31.9 Å². The van der Waals surface area contributed by atoms with Gasteiger partial charge in [0, 0.05) is 12.6 Å². The van der Waals surface area contributed by atoms with Crippen LogP contribution in [0.25, 0.3) is 10.9 Å². The van der Waals surface area contributed by atoms with Crippen molar-refractivity contribution in [2.24, 2.45) is 0 Å². The van der Waals surface area contributed by atoms with Gasteiger partial charge in [-0.3, -0.25) is 18.7 Å². The molecular formula is C17H23N3O3. The van der Waals surface area contributed by atoms with Crippen molar-refractivity contribution in [2.75, 3.05) is 6.54 Å². The molecule has 1 aromatic carbocycles. The molecule has 2 aromatic rings. The molecule has 0 saturated carbocycles. The largest absolute Gasteiger partial charge is 0.355 e. The molecule has 0 aliphatic rings. The Kier molecular flexibility index (Phi) is 5.36. The molecule has 124 valence electrons. The second kappa shape index (κ2) is 7.26. The molecule has 2 rings (SSSR count). The summed E-state index contributed by atoms with van der Waals surface area (Å²) in [5.41, 5.74) is -0.242. The number of aromatic nitrogens is 2. The van der Waals surface area contributed by atoms with Crippen LogP contribution in [0, 0.1) is 0 Å². The molecule has 1 amide bonds. The third-order valence-corrected chi connectivity index (χ3v) is 3.99. The Morgan fingerprint density at radius 3 is 2.57 bits per heavy atom. The van der Waals surface area contributed by atoms with Crippen LogP contribution in [0.15, 0.2) is 33.9 Å². The van der Waals surface area contributed by atoms with Gasteiger partial charge in [0.2, 0.25) is 5.91 Å². The van der Waals surface area contributed by atoms with Crippen LogP contribution in [0.4, 0.5) is 0 Å². The Hall–Kier alpha value is -2.37. The average Bonchev–Trinajstić information content (AvgIpc) is 2.56. The first kappa shape index (κ1) is 17.0. The van der Waals surface area contributed by atoms with Crippen LogP contribution in [0.3, 0.4) is 0 Å². The summed E-state index contributed by atoms with van der Waals surface area (Å²) in [6.07, 6.45) is 1.49. The summed E-state index contributed by atoms with van der Waals surface area (Å²) in [7, 11) is 0. The van der Waals surface area contributed by atoms with Crippen LogP contribution in [-0.4, -0.2) is 21.6 Å². The maximum Gasteiger partial charge on any atom is 0.332 e. The third-order valence-electron chi connectivity index (χ3n) is 3.99. The Labute approximate surface area is 134 Å². The quantitative estimate of drug-likeness (QED) is 0.880. The molecule has 6 heteroatoms. The first-order chi connectivity index (χ1) is 11.0. The lowest BCUT2D eigenvalue weighted by molar-refractivity contribution is -0.121. The molecule has 0 spiro atoms. The van der Waals surface area contributed by atoms with Gasteiger partial charge in [0.1, 0.15) is 6.54 Å². The van der Waals surface area contributed by atoms with Crippen molar-refractivity contribution in [3.8, 4) is 0 Å². The van der Waals surface area contributed by atoms with Gasteiger partial charge in [-0.1, -0.05) is 26.0 Å². The fourth-order valence-corrected chi connectivity index (χ4v) is 2.53. The molecule has 0 radical (unpaired) electrons. The van der Waals surface area contributed by atoms with Crippen molar-refractivity contribution in [3.05, 3.63) is 45.1 Å². The highest BCUT2D eigenvalue weighted by Gasteiger charge is 2.17. The highest BCUT2D eigenvalue weighted by Crippen LogP contribution is 2.10. The number of benzene rings is 1. The summed E-state index contributed by atoms with van der Waals surface area (Å²) in [6.45, 7) is 6.20. The lowest BCUT2D eigenvalue weighted by atomic mass is 10.2. The lowest BCUT2D eigenvalue weighted by Crippen LogP contribution is -2.43. The minimum absolute atomic E-state index is 0.0872. The standard InChI is InChI=1S/C17H23N3O3/c1-4-10-18-15(21)11-19-14-9-7-6-8-13(14)16(22)20(17(19)23)12(3)5-2/h6-9,12H,4-5,10-11H2,1-3H3,(H,18,21)/t12-/m0/s1. The van der Waals surface area contributed by atoms with Crippen LogP contribution < -0.4 is 16.6 Å². The van der Waals surface area contributed by atoms with E-state index in [0.717, 1.165) is 6.42 Å². The zero-order valence-corrected chi connectivity index (χ0v) is 13.8. The van der Waals surface area contributed by atoms with Crippen molar-refractivity contribution >= 4 is 16.8 Å². The first-order valence-corrected chi connectivity index (χ1v) is 8.02. The zero-order valence-electron chi connectivity index (χ0n) is 13.8. The molecular weight excluding hydrogens is 294 g/mol. The maximum absolute atomic E-state index is 12.8. The van der Waals surface area contributed by atoms with Crippen LogP contribution in [0.2, 0.25) is 0 Å². The van der Waals surface area contributed by atoms with E-state index in [1.54, 1.807) is 24.3 Å². The van der Waals surface area contributed by atoms with Crippen molar-refractivity contribution in [1.29, 1.82) is 0 Å². The second-order valence-electron chi connectivity index (χ2n) is 5.67. The molecule has 0 aliphatic heterocycles. The fraction of sp³-hybridized carbons (Fsp3) is 0.471. The SMILES string of the molecule is CCCNC(=O)Cn1c(=O)n([C@@H](C)CC)c(=O)c2ccccc21. The molecule has 1 N–H and O–H groups in total. The van der Waals surface area contributed by atoms with Gasteiger partial charge < -0.3 is 5.32 Å². The van der Waals surface area contributed by atoms with Crippen molar-refractivity contribution in [1.82, 2.24) is 14.5 Å². The van der Waals surface area contributed by atoms with Gasteiger partial charge in [-0.15, -0.1) is 0 Å². The van der Waals surface area contributed by atoms with E-state index in [2.05, 4.69) is 5.32 Å². The van der Waals surface area contributed by atoms with E-state index in [4.69, 9.17) is 0 Å². The van der Waals surface area contributed by atoms with E-state index >= 15 is 0 Å². The third kappa shape index (κ3) is 3.36. The molecule has 1 aromatic heterocycles. The van der Waals surface area contributed by atoms with E-state index in [9.17, 15) is 14.4 Å². The Morgan fingerprint density at radius 2 is 1.91 bits per heavy atom. The number of hydrogen-bond acceptors (Lipinski definition) is 3. The molecule has 0 bridgehead atoms. The number of carbonyl (C=O) groups excluding carboxylic acids is 1. The molecule has 0 fully saturated rings. The predicted octanol–water partition coefficient (Wildman–Crippen LogP) is 1.66. The molecule has 1 atom stereocenters. The number of carbonyl (C=O) groups is 1. The Balaban J connectivity index is 2.65. The van der Waals surface area contributed by atoms with E-state index in [1.807, 2.05) is 20.8 Å². The van der Waals surface area contributed by atoms with Crippen LogP contribution in [0.1, 0.15) is 39.7 Å². The fourth-order valence-electron chi connectivity index (χ4n) is 2.53. The number of rotatable bonds is 6. The number of amides is 1. The van der Waals surface area contributed by atoms with Gasteiger partial charge >= 0.3 is 5.69 Å². The van der Waals surface area contributed by atoms with E-state index in [-0.39, 0.29) is 24.1 Å². The van der Waals surface area contributed by atoms with Crippen molar-refractivity contribution in [3.63, 3.8) is 0 Å². The number of nitrogens with zero attached hydrogens (tertiary/aromatic N) is 2. The smallest absolute Gasteiger partial charge is 0.332 e. The summed E-state index contributed by atoms with van der Waals surface area (Å²) in [5, 5.41) is 3.22. The van der Waals surface area contributed by atoms with E-state index in [0.29, 0.717) is 23.9 Å². The van der Waals surface area contributed by atoms with Gasteiger partial charge in [0.05, 0.1) is 10.9 Å². The monoisotopic (exact) mass is 317 g/mol. The van der Waals surface area contributed by atoms with E-state index in [1.165, 1.54) is 9.13 Å². The first-order valence-electron chi connectivity index (χ1n) is 8.02. The minimum atomic E-state index is -0.435. The summed E-state index contributed by atoms with van der Waals surface area (Å²) in [6, 6.07) is 6.69. The maximum atomic E-state index is 12.8. The van der Waals surface area contributed by atoms with Gasteiger partial charge in [0.25, 0.3) is 5.56 Å². The van der Waals surface area contributed by atoms with Crippen molar-refractivity contribution < 1.29 is 4.79 Å².